The number of ether oxygens (including phenoxy) is 1. The van der Waals surface area contributed by atoms with Gasteiger partial charge in [0.2, 0.25) is 5.91 Å². The first-order valence-corrected chi connectivity index (χ1v) is 6.91. The Hall–Kier alpha value is -2.36. The molecular formula is C17H16FNO2. The van der Waals surface area contributed by atoms with Crippen molar-refractivity contribution in [2.75, 3.05) is 11.9 Å². The fourth-order valence-electron chi connectivity index (χ4n) is 2.46. The Morgan fingerprint density at radius 2 is 2.10 bits per heavy atom. The van der Waals surface area contributed by atoms with E-state index in [4.69, 9.17) is 4.74 Å². The number of fused-ring (bicyclic) bond motifs is 1. The summed E-state index contributed by atoms with van der Waals surface area (Å²) in [4.78, 5) is 12.3. The van der Waals surface area contributed by atoms with Crippen LogP contribution in [0.2, 0.25) is 0 Å². The molecule has 3 nitrogen and oxygen atoms in total. The molecule has 0 bridgehead atoms. The highest BCUT2D eigenvalue weighted by atomic mass is 19.1. The van der Waals surface area contributed by atoms with Crippen LogP contribution in [0.4, 0.5) is 10.1 Å². The number of anilines is 1. The SMILES string of the molecule is Cc1ccc(F)cc1NC(=O)[C@@H]1COc2ccccc2C1. The Labute approximate surface area is 122 Å². The maximum Gasteiger partial charge on any atom is 0.231 e. The topological polar surface area (TPSA) is 38.3 Å². The Morgan fingerprint density at radius 1 is 1.29 bits per heavy atom. The number of benzene rings is 2. The van der Waals surface area contributed by atoms with Crippen LogP contribution in [0.15, 0.2) is 42.5 Å². The minimum atomic E-state index is -0.360. The number of amides is 1. The van der Waals surface area contributed by atoms with E-state index in [9.17, 15) is 9.18 Å². The second kappa shape index (κ2) is 5.56. The lowest BCUT2D eigenvalue weighted by molar-refractivity contribution is -0.121. The highest BCUT2D eigenvalue weighted by Crippen LogP contribution is 2.27. The van der Waals surface area contributed by atoms with Gasteiger partial charge in [-0.1, -0.05) is 24.3 Å². The molecule has 1 amide bonds. The molecule has 0 aromatic heterocycles. The zero-order valence-corrected chi connectivity index (χ0v) is 11.7. The molecule has 108 valence electrons. The second-order valence-corrected chi connectivity index (χ2v) is 5.27. The van der Waals surface area contributed by atoms with Gasteiger partial charge in [-0.25, -0.2) is 4.39 Å². The van der Waals surface area contributed by atoms with Crippen molar-refractivity contribution in [1.82, 2.24) is 0 Å². The quantitative estimate of drug-likeness (QED) is 0.919. The number of rotatable bonds is 2. The van der Waals surface area contributed by atoms with Crippen molar-refractivity contribution in [2.24, 2.45) is 5.92 Å². The van der Waals surface area contributed by atoms with E-state index in [0.29, 0.717) is 18.7 Å². The highest BCUT2D eigenvalue weighted by Gasteiger charge is 2.26. The fourth-order valence-corrected chi connectivity index (χ4v) is 2.46. The molecule has 2 aromatic carbocycles. The molecule has 0 unspecified atom stereocenters. The van der Waals surface area contributed by atoms with E-state index in [0.717, 1.165) is 16.9 Å². The molecule has 1 aliphatic heterocycles. The first-order chi connectivity index (χ1) is 10.1. The Bertz CT molecular complexity index is 684. The number of aryl methyl sites for hydroxylation is 1. The largest absolute Gasteiger partial charge is 0.492 e. The molecule has 0 radical (unpaired) electrons. The third kappa shape index (κ3) is 2.89. The van der Waals surface area contributed by atoms with E-state index in [-0.39, 0.29) is 17.6 Å². The van der Waals surface area contributed by atoms with Gasteiger partial charge in [0.1, 0.15) is 18.2 Å². The minimum Gasteiger partial charge on any atom is -0.492 e. The van der Waals surface area contributed by atoms with Crippen LogP contribution in [0, 0.1) is 18.7 Å². The lowest BCUT2D eigenvalue weighted by atomic mass is 9.96. The van der Waals surface area contributed by atoms with Crippen molar-refractivity contribution < 1.29 is 13.9 Å². The van der Waals surface area contributed by atoms with Crippen molar-refractivity contribution >= 4 is 11.6 Å². The molecule has 3 rings (SSSR count). The Balaban J connectivity index is 1.74. The van der Waals surface area contributed by atoms with Crippen molar-refractivity contribution in [2.45, 2.75) is 13.3 Å². The van der Waals surface area contributed by atoms with Crippen LogP contribution in [0.25, 0.3) is 0 Å². The maximum absolute atomic E-state index is 13.3. The molecule has 0 saturated heterocycles. The van der Waals surface area contributed by atoms with E-state index in [1.807, 2.05) is 31.2 Å². The predicted octanol–water partition coefficient (Wildman–Crippen LogP) is 3.32. The molecule has 0 saturated carbocycles. The summed E-state index contributed by atoms with van der Waals surface area (Å²) >= 11 is 0. The summed E-state index contributed by atoms with van der Waals surface area (Å²) < 4.78 is 18.9. The van der Waals surface area contributed by atoms with Gasteiger partial charge in [0, 0.05) is 5.69 Å². The molecule has 4 heteroatoms. The van der Waals surface area contributed by atoms with Crippen LogP contribution < -0.4 is 10.1 Å². The van der Waals surface area contributed by atoms with E-state index >= 15 is 0 Å². The predicted molar refractivity (Wildman–Crippen MR) is 78.9 cm³/mol. The van der Waals surface area contributed by atoms with Gasteiger partial charge in [0.05, 0.1) is 5.92 Å². The van der Waals surface area contributed by atoms with Gasteiger partial charge in [-0.15, -0.1) is 0 Å². The van der Waals surface area contributed by atoms with Crippen LogP contribution in [0.5, 0.6) is 5.75 Å². The molecule has 1 N–H and O–H groups in total. The molecular weight excluding hydrogens is 269 g/mol. The molecule has 21 heavy (non-hydrogen) atoms. The first-order valence-electron chi connectivity index (χ1n) is 6.91. The van der Waals surface area contributed by atoms with Crippen LogP contribution in [-0.4, -0.2) is 12.5 Å². The van der Waals surface area contributed by atoms with Crippen molar-refractivity contribution in [3.63, 3.8) is 0 Å². The van der Waals surface area contributed by atoms with Crippen LogP contribution in [-0.2, 0) is 11.2 Å². The van der Waals surface area contributed by atoms with Gasteiger partial charge >= 0.3 is 0 Å². The summed E-state index contributed by atoms with van der Waals surface area (Å²) in [5.41, 5.74) is 2.38. The molecule has 1 atom stereocenters. The van der Waals surface area contributed by atoms with Gasteiger partial charge in [-0.05, 0) is 42.7 Å². The zero-order chi connectivity index (χ0) is 14.8. The van der Waals surface area contributed by atoms with Gasteiger partial charge < -0.3 is 10.1 Å². The molecule has 2 aromatic rings. The summed E-state index contributed by atoms with van der Waals surface area (Å²) in [6.07, 6.45) is 0.635. The lowest BCUT2D eigenvalue weighted by Crippen LogP contribution is -2.32. The van der Waals surface area contributed by atoms with Gasteiger partial charge in [0.25, 0.3) is 0 Å². The third-order valence-electron chi connectivity index (χ3n) is 3.71. The van der Waals surface area contributed by atoms with Crippen LogP contribution in [0.1, 0.15) is 11.1 Å². The molecule has 0 spiro atoms. The van der Waals surface area contributed by atoms with Crippen molar-refractivity contribution in [1.29, 1.82) is 0 Å². The molecule has 1 heterocycles. The summed E-state index contributed by atoms with van der Waals surface area (Å²) in [6.45, 7) is 2.18. The van der Waals surface area contributed by atoms with E-state index < -0.39 is 0 Å². The van der Waals surface area contributed by atoms with Gasteiger partial charge in [-0.3, -0.25) is 4.79 Å². The smallest absolute Gasteiger partial charge is 0.231 e. The number of halogens is 1. The monoisotopic (exact) mass is 285 g/mol. The zero-order valence-electron chi connectivity index (χ0n) is 11.7. The summed E-state index contributed by atoms with van der Waals surface area (Å²) in [6, 6.07) is 12.1. The van der Waals surface area contributed by atoms with Crippen LogP contribution in [0.3, 0.4) is 0 Å². The molecule has 1 aliphatic rings. The van der Waals surface area contributed by atoms with Crippen molar-refractivity contribution in [3.05, 3.63) is 59.4 Å². The maximum atomic E-state index is 13.3. The van der Waals surface area contributed by atoms with E-state index in [1.165, 1.54) is 12.1 Å². The van der Waals surface area contributed by atoms with E-state index in [1.54, 1.807) is 6.07 Å². The third-order valence-corrected chi connectivity index (χ3v) is 3.71. The van der Waals surface area contributed by atoms with Gasteiger partial charge in [-0.2, -0.15) is 0 Å². The normalized spacial score (nSPS) is 16.8. The lowest BCUT2D eigenvalue weighted by Gasteiger charge is -2.24. The molecule has 0 fully saturated rings. The average Bonchev–Trinajstić information content (AvgIpc) is 2.50. The fraction of sp³-hybridized carbons (Fsp3) is 0.235. The number of nitrogens with one attached hydrogen (secondary N) is 1. The number of carbonyl (C=O) groups is 1. The second-order valence-electron chi connectivity index (χ2n) is 5.27. The number of hydrogen-bond donors (Lipinski definition) is 1. The number of para-hydroxylation sites is 1. The van der Waals surface area contributed by atoms with E-state index in [2.05, 4.69) is 5.32 Å². The Kier molecular flexibility index (Phi) is 3.60. The Morgan fingerprint density at radius 3 is 2.95 bits per heavy atom. The number of hydrogen-bond acceptors (Lipinski definition) is 2. The summed E-state index contributed by atoms with van der Waals surface area (Å²) in [5.74, 6) is 0.0744. The van der Waals surface area contributed by atoms with Gasteiger partial charge in [0.15, 0.2) is 0 Å². The van der Waals surface area contributed by atoms with Crippen molar-refractivity contribution in [3.8, 4) is 5.75 Å². The standard InChI is InChI=1S/C17H16FNO2/c1-11-6-7-14(18)9-15(11)19-17(20)13-8-12-4-2-3-5-16(12)21-10-13/h2-7,9,13H,8,10H2,1H3,(H,19,20)/t13-/m0/s1. The highest BCUT2D eigenvalue weighted by molar-refractivity contribution is 5.93. The van der Waals surface area contributed by atoms with Crippen LogP contribution >= 0.6 is 0 Å². The number of carbonyl (C=O) groups excluding carboxylic acids is 1. The minimum absolute atomic E-state index is 0.141. The average molecular weight is 285 g/mol. The first kappa shape index (κ1) is 13.6. The molecule has 0 aliphatic carbocycles. The summed E-state index contributed by atoms with van der Waals surface area (Å²) in [7, 11) is 0. The summed E-state index contributed by atoms with van der Waals surface area (Å²) in [5, 5.41) is 2.79.